The molecule has 20 heavy (non-hydrogen) atoms. The number of rotatable bonds is 5. The summed E-state index contributed by atoms with van der Waals surface area (Å²) in [5, 5.41) is 15.7. The number of phenols is 1. The first kappa shape index (κ1) is 13.9. The first-order chi connectivity index (χ1) is 9.70. The predicted molar refractivity (Wildman–Crippen MR) is 79.9 cm³/mol. The summed E-state index contributed by atoms with van der Waals surface area (Å²) < 4.78 is 0. The van der Waals surface area contributed by atoms with Gasteiger partial charge in [-0.05, 0) is 31.2 Å². The van der Waals surface area contributed by atoms with E-state index in [-0.39, 0.29) is 11.7 Å². The summed E-state index contributed by atoms with van der Waals surface area (Å²) in [6.07, 6.45) is 0. The number of carbonyl (C=O) groups excluding carboxylic acids is 1. The zero-order chi connectivity index (χ0) is 14.4. The molecule has 0 aliphatic rings. The smallest absolute Gasteiger partial charge is 0.251 e. The van der Waals surface area contributed by atoms with Crippen LogP contribution in [0.25, 0.3) is 0 Å². The Morgan fingerprint density at radius 1 is 1.15 bits per heavy atom. The van der Waals surface area contributed by atoms with E-state index in [9.17, 15) is 9.90 Å². The van der Waals surface area contributed by atoms with Crippen LogP contribution >= 0.6 is 0 Å². The summed E-state index contributed by atoms with van der Waals surface area (Å²) in [5.74, 6) is 0.179. The maximum Gasteiger partial charge on any atom is 0.251 e. The molecule has 0 aliphatic heterocycles. The van der Waals surface area contributed by atoms with Crippen LogP contribution in [0.5, 0.6) is 5.75 Å². The zero-order valence-corrected chi connectivity index (χ0v) is 11.4. The highest BCUT2D eigenvalue weighted by Crippen LogP contribution is 2.18. The lowest BCUT2D eigenvalue weighted by molar-refractivity contribution is 0.0956. The van der Waals surface area contributed by atoms with Crippen molar-refractivity contribution in [1.82, 2.24) is 5.32 Å². The number of anilines is 1. The lowest BCUT2D eigenvalue weighted by Gasteiger charge is -2.09. The maximum absolute atomic E-state index is 11.7. The van der Waals surface area contributed by atoms with Crippen LogP contribution in [-0.2, 0) is 6.54 Å². The third kappa shape index (κ3) is 3.51. The molecular weight excluding hydrogens is 252 g/mol. The highest BCUT2D eigenvalue weighted by atomic mass is 16.3. The second kappa shape index (κ2) is 6.61. The minimum Gasteiger partial charge on any atom is -0.508 e. The Kier molecular flexibility index (Phi) is 4.60. The number of carbonyl (C=O) groups is 1. The number of nitrogens with one attached hydrogen (secondary N) is 2. The van der Waals surface area contributed by atoms with Crippen molar-refractivity contribution in [2.75, 3.05) is 11.9 Å². The Morgan fingerprint density at radius 2 is 1.95 bits per heavy atom. The van der Waals surface area contributed by atoms with E-state index >= 15 is 0 Å². The number of aromatic hydroxyl groups is 1. The Hall–Kier alpha value is -2.49. The molecule has 4 nitrogen and oxygen atoms in total. The molecule has 2 rings (SSSR count). The van der Waals surface area contributed by atoms with Gasteiger partial charge in [0.1, 0.15) is 5.75 Å². The van der Waals surface area contributed by atoms with Gasteiger partial charge in [-0.1, -0.05) is 24.3 Å². The number of hydrogen-bond donors (Lipinski definition) is 3. The summed E-state index contributed by atoms with van der Waals surface area (Å²) in [7, 11) is 0. The number of amides is 1. The molecule has 0 fully saturated rings. The summed E-state index contributed by atoms with van der Waals surface area (Å²) in [6.45, 7) is 3.00. The van der Waals surface area contributed by atoms with Crippen LogP contribution in [0.3, 0.4) is 0 Å². The minimum absolute atomic E-state index is 0.0845. The largest absolute Gasteiger partial charge is 0.508 e. The average Bonchev–Trinajstić information content (AvgIpc) is 2.47. The van der Waals surface area contributed by atoms with Crippen LogP contribution in [0.2, 0.25) is 0 Å². The van der Waals surface area contributed by atoms with Crippen molar-refractivity contribution in [3.05, 3.63) is 59.7 Å². The van der Waals surface area contributed by atoms with Crippen molar-refractivity contribution in [3.63, 3.8) is 0 Å². The Bertz CT molecular complexity index is 597. The lowest BCUT2D eigenvalue weighted by atomic mass is 10.1. The van der Waals surface area contributed by atoms with Gasteiger partial charge in [0.15, 0.2) is 0 Å². The average molecular weight is 270 g/mol. The number of benzene rings is 2. The minimum atomic E-state index is -0.0845. The molecule has 0 aliphatic carbocycles. The van der Waals surface area contributed by atoms with E-state index in [1.165, 1.54) is 0 Å². The van der Waals surface area contributed by atoms with E-state index in [4.69, 9.17) is 0 Å². The lowest BCUT2D eigenvalue weighted by Crippen LogP contribution is -2.22. The molecule has 0 atom stereocenters. The SMILES string of the molecule is CCNC(=O)c1cccc(NCc2ccccc2O)c1. The van der Waals surface area contributed by atoms with Gasteiger partial charge < -0.3 is 15.7 Å². The van der Waals surface area contributed by atoms with Crippen LogP contribution in [-0.4, -0.2) is 17.6 Å². The zero-order valence-electron chi connectivity index (χ0n) is 11.4. The maximum atomic E-state index is 11.7. The van der Waals surface area contributed by atoms with E-state index in [1.807, 2.05) is 31.2 Å². The van der Waals surface area contributed by atoms with Gasteiger partial charge in [-0.25, -0.2) is 0 Å². The van der Waals surface area contributed by atoms with Crippen LogP contribution in [0, 0.1) is 0 Å². The van der Waals surface area contributed by atoms with E-state index < -0.39 is 0 Å². The fourth-order valence-electron chi connectivity index (χ4n) is 1.89. The van der Waals surface area contributed by atoms with Crippen molar-refractivity contribution in [3.8, 4) is 5.75 Å². The van der Waals surface area contributed by atoms with Crippen molar-refractivity contribution in [2.45, 2.75) is 13.5 Å². The van der Waals surface area contributed by atoms with Crippen LogP contribution in [0.15, 0.2) is 48.5 Å². The van der Waals surface area contributed by atoms with Crippen LogP contribution in [0.4, 0.5) is 5.69 Å². The Labute approximate surface area is 118 Å². The predicted octanol–water partition coefficient (Wildman–Crippen LogP) is 2.75. The van der Waals surface area contributed by atoms with Gasteiger partial charge in [0.25, 0.3) is 5.91 Å². The standard InChI is InChI=1S/C16H18N2O2/c1-2-17-16(20)12-7-5-8-14(10-12)18-11-13-6-3-4-9-15(13)19/h3-10,18-19H,2,11H2,1H3,(H,17,20). The van der Waals surface area contributed by atoms with Gasteiger partial charge in [-0.2, -0.15) is 0 Å². The highest BCUT2D eigenvalue weighted by Gasteiger charge is 2.05. The molecule has 2 aromatic carbocycles. The van der Waals surface area contributed by atoms with Gasteiger partial charge in [-0.15, -0.1) is 0 Å². The van der Waals surface area contributed by atoms with E-state index in [0.29, 0.717) is 18.7 Å². The molecule has 0 bridgehead atoms. The molecule has 0 radical (unpaired) electrons. The third-order valence-corrected chi connectivity index (χ3v) is 2.94. The first-order valence-electron chi connectivity index (χ1n) is 6.59. The second-order valence-electron chi connectivity index (χ2n) is 4.42. The Morgan fingerprint density at radius 3 is 2.70 bits per heavy atom. The molecule has 0 spiro atoms. The molecule has 0 saturated heterocycles. The molecule has 2 aromatic rings. The van der Waals surface area contributed by atoms with E-state index in [0.717, 1.165) is 11.3 Å². The van der Waals surface area contributed by atoms with Crippen molar-refractivity contribution < 1.29 is 9.90 Å². The molecule has 0 heterocycles. The van der Waals surface area contributed by atoms with Gasteiger partial charge in [-0.3, -0.25) is 4.79 Å². The molecule has 0 saturated carbocycles. The third-order valence-electron chi connectivity index (χ3n) is 2.94. The first-order valence-corrected chi connectivity index (χ1v) is 6.59. The van der Waals surface area contributed by atoms with Gasteiger partial charge in [0, 0.05) is 29.9 Å². The topological polar surface area (TPSA) is 61.4 Å². The van der Waals surface area contributed by atoms with E-state index in [1.54, 1.807) is 24.3 Å². The second-order valence-corrected chi connectivity index (χ2v) is 4.42. The fraction of sp³-hybridized carbons (Fsp3) is 0.188. The van der Waals surface area contributed by atoms with Gasteiger partial charge in [0.2, 0.25) is 0 Å². The number of hydrogen-bond acceptors (Lipinski definition) is 3. The van der Waals surface area contributed by atoms with E-state index in [2.05, 4.69) is 10.6 Å². The number of para-hydroxylation sites is 1. The van der Waals surface area contributed by atoms with Gasteiger partial charge >= 0.3 is 0 Å². The van der Waals surface area contributed by atoms with Crippen molar-refractivity contribution in [2.24, 2.45) is 0 Å². The van der Waals surface area contributed by atoms with Gasteiger partial charge in [0.05, 0.1) is 0 Å². The molecule has 0 aromatic heterocycles. The summed E-state index contributed by atoms with van der Waals surface area (Å²) in [4.78, 5) is 11.7. The highest BCUT2D eigenvalue weighted by molar-refractivity contribution is 5.95. The van der Waals surface area contributed by atoms with Crippen molar-refractivity contribution >= 4 is 11.6 Å². The molecular formula is C16H18N2O2. The Balaban J connectivity index is 2.05. The summed E-state index contributed by atoms with van der Waals surface area (Å²) in [6, 6.07) is 14.5. The molecule has 104 valence electrons. The fourth-order valence-corrected chi connectivity index (χ4v) is 1.89. The summed E-state index contributed by atoms with van der Waals surface area (Å²) in [5.41, 5.74) is 2.28. The summed E-state index contributed by atoms with van der Waals surface area (Å²) >= 11 is 0. The quantitative estimate of drug-likeness (QED) is 0.783. The monoisotopic (exact) mass is 270 g/mol. The normalized spacial score (nSPS) is 10.1. The molecule has 1 amide bonds. The molecule has 0 unspecified atom stereocenters. The van der Waals surface area contributed by atoms with Crippen molar-refractivity contribution in [1.29, 1.82) is 0 Å². The van der Waals surface area contributed by atoms with Crippen LogP contribution in [0.1, 0.15) is 22.8 Å². The molecule has 3 N–H and O–H groups in total. The molecule has 4 heteroatoms. The number of phenolic OH excluding ortho intramolecular Hbond substituents is 1. The van der Waals surface area contributed by atoms with Crippen LogP contribution < -0.4 is 10.6 Å².